The summed E-state index contributed by atoms with van der Waals surface area (Å²) < 4.78 is 42.4. The first kappa shape index (κ1) is 25.7. The lowest BCUT2D eigenvalue weighted by molar-refractivity contribution is -0.274. The summed E-state index contributed by atoms with van der Waals surface area (Å²) in [6, 6.07) is 23.7. The van der Waals surface area contributed by atoms with Crippen LogP contribution in [0.4, 0.5) is 18.9 Å². The molecule has 0 unspecified atom stereocenters. The van der Waals surface area contributed by atoms with Gasteiger partial charge in [0.15, 0.2) is 5.82 Å². The molecule has 39 heavy (non-hydrogen) atoms. The number of benzene rings is 3. The second-order valence-electron chi connectivity index (χ2n) is 8.81. The number of nitrogens with one attached hydrogen (secondary N) is 1. The molecule has 5 rings (SSSR count). The summed E-state index contributed by atoms with van der Waals surface area (Å²) in [5.41, 5.74) is 6.01. The van der Waals surface area contributed by atoms with E-state index in [-0.39, 0.29) is 11.7 Å². The van der Waals surface area contributed by atoms with E-state index in [4.69, 9.17) is 0 Å². The van der Waals surface area contributed by atoms with Crippen LogP contribution in [0.3, 0.4) is 0 Å². The SMILES string of the molecule is Cc1ccc(-c2cccc(C(=O)Nc3ccc(-c4ncn(-c5ccc(OC(F)(F)F)cc5)n4)cc3)n2)c(C)c1. The van der Waals surface area contributed by atoms with Crippen molar-refractivity contribution in [1.82, 2.24) is 19.7 Å². The zero-order valence-electron chi connectivity index (χ0n) is 20.9. The molecule has 0 radical (unpaired) electrons. The fourth-order valence-corrected chi connectivity index (χ4v) is 4.03. The van der Waals surface area contributed by atoms with Gasteiger partial charge in [-0.2, -0.15) is 0 Å². The quantitative estimate of drug-likeness (QED) is 0.263. The Morgan fingerprint density at radius 3 is 2.36 bits per heavy atom. The number of hydrogen-bond donors (Lipinski definition) is 1. The number of amides is 1. The lowest BCUT2D eigenvalue weighted by atomic mass is 10.0. The third-order valence-electron chi connectivity index (χ3n) is 5.87. The number of pyridine rings is 1. The summed E-state index contributed by atoms with van der Waals surface area (Å²) in [7, 11) is 0. The topological polar surface area (TPSA) is 81.9 Å². The lowest BCUT2D eigenvalue weighted by Gasteiger charge is -2.09. The molecule has 0 atom stereocenters. The Bertz CT molecular complexity index is 1630. The average molecular weight is 530 g/mol. The van der Waals surface area contributed by atoms with Gasteiger partial charge in [-0.05, 0) is 80.1 Å². The number of carbonyl (C=O) groups is 1. The standard InChI is InChI=1S/C29H22F3N5O2/c1-18-6-15-24(19(2)16-18)25-4-3-5-26(35-25)28(38)34-21-9-7-20(8-10-21)27-33-17-37(36-27)22-11-13-23(14-12-22)39-29(30,31)32/h3-17H,1-2H3,(H,34,38). The van der Waals surface area contributed by atoms with Crippen molar-refractivity contribution in [3.05, 3.63) is 108 Å². The van der Waals surface area contributed by atoms with Crippen molar-refractivity contribution in [2.24, 2.45) is 0 Å². The summed E-state index contributed by atoms with van der Waals surface area (Å²) in [6.07, 6.45) is -3.30. The van der Waals surface area contributed by atoms with Crippen LogP contribution in [0.25, 0.3) is 28.3 Å². The molecule has 2 aromatic heterocycles. The Balaban J connectivity index is 1.26. The van der Waals surface area contributed by atoms with Gasteiger partial charge in [-0.3, -0.25) is 4.79 Å². The highest BCUT2D eigenvalue weighted by Gasteiger charge is 2.31. The van der Waals surface area contributed by atoms with E-state index in [0.29, 0.717) is 28.5 Å². The van der Waals surface area contributed by atoms with Crippen molar-refractivity contribution in [2.75, 3.05) is 5.32 Å². The Morgan fingerprint density at radius 1 is 0.923 bits per heavy atom. The summed E-state index contributed by atoms with van der Waals surface area (Å²) >= 11 is 0. The third kappa shape index (κ3) is 6.12. The predicted octanol–water partition coefficient (Wildman–Crippen LogP) is 6.76. The van der Waals surface area contributed by atoms with Gasteiger partial charge in [0.05, 0.1) is 11.4 Å². The first-order valence-corrected chi connectivity index (χ1v) is 11.9. The van der Waals surface area contributed by atoms with E-state index in [2.05, 4.69) is 31.2 Å². The maximum absolute atomic E-state index is 12.9. The largest absolute Gasteiger partial charge is 0.573 e. The molecule has 5 aromatic rings. The molecule has 1 N–H and O–H groups in total. The number of rotatable bonds is 6. The molecule has 0 saturated carbocycles. The fourth-order valence-electron chi connectivity index (χ4n) is 4.03. The smallest absolute Gasteiger partial charge is 0.406 e. The number of nitrogens with zero attached hydrogens (tertiary/aromatic N) is 4. The fraction of sp³-hybridized carbons (Fsp3) is 0.103. The van der Waals surface area contributed by atoms with E-state index in [1.807, 2.05) is 32.0 Å². The molecule has 0 saturated heterocycles. The number of anilines is 1. The van der Waals surface area contributed by atoms with Gasteiger partial charge in [0.1, 0.15) is 17.8 Å². The van der Waals surface area contributed by atoms with Crippen LogP contribution >= 0.6 is 0 Å². The summed E-state index contributed by atoms with van der Waals surface area (Å²) in [5.74, 6) is -0.252. The molecule has 196 valence electrons. The number of aryl methyl sites for hydroxylation is 2. The lowest BCUT2D eigenvalue weighted by Crippen LogP contribution is -2.17. The Morgan fingerprint density at radius 2 is 1.67 bits per heavy atom. The van der Waals surface area contributed by atoms with Crippen molar-refractivity contribution in [3.63, 3.8) is 0 Å². The molecule has 0 fully saturated rings. The summed E-state index contributed by atoms with van der Waals surface area (Å²) in [6.45, 7) is 4.04. The van der Waals surface area contributed by atoms with Crippen LogP contribution in [0.1, 0.15) is 21.6 Å². The van der Waals surface area contributed by atoms with Gasteiger partial charge in [0, 0.05) is 16.8 Å². The van der Waals surface area contributed by atoms with E-state index >= 15 is 0 Å². The molecule has 0 aliphatic carbocycles. The van der Waals surface area contributed by atoms with Gasteiger partial charge in [0.25, 0.3) is 5.91 Å². The number of ether oxygens (including phenoxy) is 1. The highest BCUT2D eigenvalue weighted by Crippen LogP contribution is 2.25. The van der Waals surface area contributed by atoms with Crippen LogP contribution in [0.2, 0.25) is 0 Å². The van der Waals surface area contributed by atoms with E-state index in [0.717, 1.165) is 22.4 Å². The molecule has 0 aliphatic heterocycles. The van der Waals surface area contributed by atoms with Crippen molar-refractivity contribution >= 4 is 11.6 Å². The second-order valence-corrected chi connectivity index (χ2v) is 8.81. The maximum Gasteiger partial charge on any atom is 0.573 e. The second kappa shape index (κ2) is 10.4. The van der Waals surface area contributed by atoms with E-state index in [1.165, 1.54) is 35.3 Å². The first-order valence-electron chi connectivity index (χ1n) is 11.9. The number of aromatic nitrogens is 4. The van der Waals surface area contributed by atoms with Crippen molar-refractivity contribution in [1.29, 1.82) is 0 Å². The Hall–Kier alpha value is -4.99. The number of alkyl halides is 3. The Kier molecular flexibility index (Phi) is 6.84. The van der Waals surface area contributed by atoms with Gasteiger partial charge >= 0.3 is 6.36 Å². The van der Waals surface area contributed by atoms with E-state index < -0.39 is 6.36 Å². The molecule has 3 aromatic carbocycles. The zero-order chi connectivity index (χ0) is 27.6. The van der Waals surface area contributed by atoms with Crippen LogP contribution < -0.4 is 10.1 Å². The van der Waals surface area contributed by atoms with Crippen LogP contribution in [0.15, 0.2) is 91.3 Å². The van der Waals surface area contributed by atoms with Crippen molar-refractivity contribution in [2.45, 2.75) is 20.2 Å². The third-order valence-corrected chi connectivity index (χ3v) is 5.87. The van der Waals surface area contributed by atoms with Gasteiger partial charge < -0.3 is 10.1 Å². The zero-order valence-corrected chi connectivity index (χ0v) is 20.9. The molecule has 0 bridgehead atoms. The van der Waals surface area contributed by atoms with Gasteiger partial charge in [-0.15, -0.1) is 18.3 Å². The first-order chi connectivity index (χ1) is 18.6. The van der Waals surface area contributed by atoms with E-state index in [1.54, 1.807) is 36.4 Å². The van der Waals surface area contributed by atoms with Gasteiger partial charge in [-0.25, -0.2) is 14.6 Å². The van der Waals surface area contributed by atoms with Crippen LogP contribution in [0, 0.1) is 13.8 Å². The summed E-state index contributed by atoms with van der Waals surface area (Å²) in [4.78, 5) is 21.7. The minimum Gasteiger partial charge on any atom is -0.406 e. The minimum absolute atomic E-state index is 0.295. The normalized spacial score (nSPS) is 11.3. The average Bonchev–Trinajstić information content (AvgIpc) is 3.39. The molecule has 7 nitrogen and oxygen atoms in total. The molecule has 0 spiro atoms. The molecule has 2 heterocycles. The number of hydrogen-bond acceptors (Lipinski definition) is 5. The maximum atomic E-state index is 12.9. The summed E-state index contributed by atoms with van der Waals surface area (Å²) in [5, 5.41) is 7.24. The molecular weight excluding hydrogens is 507 g/mol. The molecule has 10 heteroatoms. The Labute approximate surface area is 221 Å². The number of carbonyl (C=O) groups excluding carboxylic acids is 1. The van der Waals surface area contributed by atoms with Gasteiger partial charge in [0.2, 0.25) is 0 Å². The molecule has 1 amide bonds. The molecule has 0 aliphatic rings. The number of halogens is 3. The van der Waals surface area contributed by atoms with Crippen LogP contribution in [0.5, 0.6) is 5.75 Å². The minimum atomic E-state index is -4.76. The van der Waals surface area contributed by atoms with Crippen LogP contribution in [-0.2, 0) is 0 Å². The highest BCUT2D eigenvalue weighted by atomic mass is 19.4. The van der Waals surface area contributed by atoms with Gasteiger partial charge in [-0.1, -0.05) is 29.8 Å². The molecular formula is C29H22F3N5O2. The van der Waals surface area contributed by atoms with E-state index in [9.17, 15) is 18.0 Å². The van der Waals surface area contributed by atoms with Crippen molar-refractivity contribution < 1.29 is 22.7 Å². The van der Waals surface area contributed by atoms with Crippen LogP contribution in [-0.4, -0.2) is 32.0 Å². The highest BCUT2D eigenvalue weighted by molar-refractivity contribution is 6.03. The van der Waals surface area contributed by atoms with Crippen molar-refractivity contribution in [3.8, 4) is 34.1 Å². The predicted molar refractivity (Wildman–Crippen MR) is 141 cm³/mol. The monoisotopic (exact) mass is 529 g/mol.